The topological polar surface area (TPSA) is 62.7 Å². The molecule has 5 nitrogen and oxygen atoms in total. The molecule has 104 valence electrons. The molecule has 19 heavy (non-hydrogen) atoms. The highest BCUT2D eigenvalue weighted by Crippen LogP contribution is 2.15. The fourth-order valence-electron chi connectivity index (χ4n) is 1.86. The fraction of sp³-hybridized carbons (Fsp3) is 0.429. The van der Waals surface area contributed by atoms with Crippen molar-refractivity contribution in [1.29, 1.82) is 0 Å². The van der Waals surface area contributed by atoms with Gasteiger partial charge in [0, 0.05) is 25.9 Å². The van der Waals surface area contributed by atoms with E-state index in [9.17, 15) is 4.79 Å². The van der Waals surface area contributed by atoms with E-state index in [-0.39, 0.29) is 6.04 Å². The maximum Gasteiger partial charge on any atom is 0.328 e. The Kier molecular flexibility index (Phi) is 6.02. The molecule has 0 saturated carbocycles. The molecule has 0 aliphatic heterocycles. The Bertz CT molecular complexity index is 429. The summed E-state index contributed by atoms with van der Waals surface area (Å²) < 4.78 is 5.15. The Balaban J connectivity index is 2.81. The molecule has 1 unspecified atom stereocenters. The van der Waals surface area contributed by atoms with Crippen LogP contribution in [-0.4, -0.2) is 42.4 Å². The first kappa shape index (κ1) is 15.2. The van der Waals surface area contributed by atoms with Crippen LogP contribution < -0.4 is 4.90 Å². The molecule has 5 heteroatoms. The van der Waals surface area contributed by atoms with Crippen molar-refractivity contribution in [2.75, 3.05) is 25.2 Å². The van der Waals surface area contributed by atoms with Gasteiger partial charge in [0.15, 0.2) is 0 Å². The molecule has 0 saturated heterocycles. The minimum absolute atomic E-state index is 0.239. The molecular weight excluding hydrogens is 244 g/mol. The SMILES string of the molecule is CCN(c1ccc(/C=C/C(=O)O)cn1)C(C)COC. The van der Waals surface area contributed by atoms with E-state index in [1.165, 1.54) is 6.08 Å². The minimum atomic E-state index is -0.965. The van der Waals surface area contributed by atoms with Gasteiger partial charge in [0.25, 0.3) is 0 Å². The zero-order chi connectivity index (χ0) is 14.3. The lowest BCUT2D eigenvalue weighted by Crippen LogP contribution is -2.36. The first-order valence-electron chi connectivity index (χ1n) is 6.21. The Morgan fingerprint density at radius 3 is 2.79 bits per heavy atom. The number of hydrogen-bond acceptors (Lipinski definition) is 4. The molecule has 0 fully saturated rings. The van der Waals surface area contributed by atoms with Crippen molar-refractivity contribution in [2.45, 2.75) is 19.9 Å². The Hall–Kier alpha value is -1.88. The van der Waals surface area contributed by atoms with E-state index in [2.05, 4.69) is 23.7 Å². The predicted molar refractivity (Wildman–Crippen MR) is 75.3 cm³/mol. The van der Waals surface area contributed by atoms with Gasteiger partial charge in [-0.15, -0.1) is 0 Å². The van der Waals surface area contributed by atoms with Gasteiger partial charge in [-0.2, -0.15) is 0 Å². The largest absolute Gasteiger partial charge is 0.478 e. The summed E-state index contributed by atoms with van der Waals surface area (Å²) in [5, 5.41) is 8.56. The van der Waals surface area contributed by atoms with Gasteiger partial charge in [-0.1, -0.05) is 0 Å². The highest BCUT2D eigenvalue weighted by Gasteiger charge is 2.13. The average molecular weight is 264 g/mol. The van der Waals surface area contributed by atoms with Crippen molar-refractivity contribution in [2.24, 2.45) is 0 Å². The number of rotatable bonds is 7. The summed E-state index contributed by atoms with van der Waals surface area (Å²) in [5.74, 6) is -0.104. The van der Waals surface area contributed by atoms with Crippen molar-refractivity contribution in [3.63, 3.8) is 0 Å². The Labute approximate surface area is 113 Å². The normalized spacial score (nSPS) is 12.6. The van der Waals surface area contributed by atoms with E-state index >= 15 is 0 Å². The molecule has 0 bridgehead atoms. The zero-order valence-electron chi connectivity index (χ0n) is 11.5. The van der Waals surface area contributed by atoms with Gasteiger partial charge >= 0.3 is 5.97 Å². The maximum atomic E-state index is 10.4. The predicted octanol–water partition coefficient (Wildman–Crippen LogP) is 2.04. The van der Waals surface area contributed by atoms with Crippen molar-refractivity contribution < 1.29 is 14.6 Å². The summed E-state index contributed by atoms with van der Waals surface area (Å²) in [6, 6.07) is 3.98. The van der Waals surface area contributed by atoms with Gasteiger partial charge in [0.1, 0.15) is 5.82 Å². The number of methoxy groups -OCH3 is 1. The number of pyridine rings is 1. The van der Waals surface area contributed by atoms with Crippen LogP contribution >= 0.6 is 0 Å². The first-order valence-corrected chi connectivity index (χ1v) is 6.21. The van der Waals surface area contributed by atoms with E-state index in [1.807, 2.05) is 12.1 Å². The lowest BCUT2D eigenvalue weighted by atomic mass is 10.2. The van der Waals surface area contributed by atoms with Crippen molar-refractivity contribution >= 4 is 17.9 Å². The number of anilines is 1. The number of likely N-dealkylation sites (N-methyl/N-ethyl adjacent to an activating group) is 1. The Morgan fingerprint density at radius 2 is 2.32 bits per heavy atom. The number of aliphatic carboxylic acids is 1. The van der Waals surface area contributed by atoms with Crippen LogP contribution in [0.15, 0.2) is 24.4 Å². The van der Waals surface area contributed by atoms with Crippen molar-refractivity contribution in [3.8, 4) is 0 Å². The second-order valence-corrected chi connectivity index (χ2v) is 4.21. The second kappa shape index (κ2) is 7.53. The monoisotopic (exact) mass is 264 g/mol. The first-order chi connectivity index (χ1) is 9.08. The molecule has 0 aliphatic rings. The van der Waals surface area contributed by atoms with Crippen LogP contribution in [0.25, 0.3) is 6.08 Å². The zero-order valence-corrected chi connectivity index (χ0v) is 11.5. The molecule has 1 heterocycles. The van der Waals surface area contributed by atoms with Gasteiger partial charge in [0.2, 0.25) is 0 Å². The van der Waals surface area contributed by atoms with Crippen LogP contribution in [0.1, 0.15) is 19.4 Å². The fourth-order valence-corrected chi connectivity index (χ4v) is 1.86. The maximum absolute atomic E-state index is 10.4. The van der Waals surface area contributed by atoms with Crippen LogP contribution in [0.5, 0.6) is 0 Å². The third-order valence-corrected chi connectivity index (χ3v) is 2.76. The standard InChI is InChI=1S/C14H20N2O3/c1-4-16(11(2)10-19-3)13-7-5-12(9-15-13)6-8-14(17)18/h5-9,11H,4,10H2,1-3H3,(H,17,18)/b8-6+. The molecule has 1 aromatic rings. The van der Waals surface area contributed by atoms with Crippen LogP contribution in [0, 0.1) is 0 Å². The van der Waals surface area contributed by atoms with Crippen LogP contribution in [0.3, 0.4) is 0 Å². The summed E-state index contributed by atoms with van der Waals surface area (Å²) in [5.41, 5.74) is 0.765. The Morgan fingerprint density at radius 1 is 1.58 bits per heavy atom. The number of carboxylic acids is 1. The van der Waals surface area contributed by atoms with Crippen LogP contribution in [-0.2, 0) is 9.53 Å². The summed E-state index contributed by atoms with van der Waals surface area (Å²) in [4.78, 5) is 16.9. The van der Waals surface area contributed by atoms with E-state index in [0.29, 0.717) is 6.61 Å². The second-order valence-electron chi connectivity index (χ2n) is 4.21. The summed E-state index contributed by atoms with van der Waals surface area (Å²) >= 11 is 0. The highest BCUT2D eigenvalue weighted by molar-refractivity contribution is 5.85. The lowest BCUT2D eigenvalue weighted by molar-refractivity contribution is -0.131. The van der Waals surface area contributed by atoms with Gasteiger partial charge in [-0.05, 0) is 37.6 Å². The third-order valence-electron chi connectivity index (χ3n) is 2.76. The van der Waals surface area contributed by atoms with E-state index in [0.717, 1.165) is 24.0 Å². The molecule has 0 amide bonds. The number of nitrogens with zero attached hydrogens (tertiary/aromatic N) is 2. The number of hydrogen-bond donors (Lipinski definition) is 1. The molecular formula is C14H20N2O3. The number of carbonyl (C=O) groups is 1. The van der Waals surface area contributed by atoms with Gasteiger partial charge in [-0.25, -0.2) is 9.78 Å². The minimum Gasteiger partial charge on any atom is -0.478 e. The summed E-state index contributed by atoms with van der Waals surface area (Å²) in [6.45, 7) is 5.61. The summed E-state index contributed by atoms with van der Waals surface area (Å²) in [6.07, 6.45) is 4.28. The molecule has 1 rings (SSSR count). The molecule has 0 aliphatic carbocycles. The highest BCUT2D eigenvalue weighted by atomic mass is 16.5. The van der Waals surface area contributed by atoms with Gasteiger partial charge in [0.05, 0.1) is 12.6 Å². The van der Waals surface area contributed by atoms with E-state index in [1.54, 1.807) is 13.3 Å². The third kappa shape index (κ3) is 4.71. The quantitative estimate of drug-likeness (QED) is 0.764. The van der Waals surface area contributed by atoms with Crippen molar-refractivity contribution in [1.82, 2.24) is 4.98 Å². The molecule has 1 atom stereocenters. The smallest absolute Gasteiger partial charge is 0.328 e. The van der Waals surface area contributed by atoms with Crippen molar-refractivity contribution in [3.05, 3.63) is 30.0 Å². The number of aromatic nitrogens is 1. The van der Waals surface area contributed by atoms with E-state index in [4.69, 9.17) is 9.84 Å². The molecule has 0 radical (unpaired) electrons. The number of carboxylic acid groups (broad SMARTS) is 1. The van der Waals surface area contributed by atoms with Gasteiger partial charge < -0.3 is 14.7 Å². The van der Waals surface area contributed by atoms with Crippen LogP contribution in [0.2, 0.25) is 0 Å². The molecule has 1 aromatic heterocycles. The van der Waals surface area contributed by atoms with Gasteiger partial charge in [-0.3, -0.25) is 0 Å². The molecule has 1 N–H and O–H groups in total. The molecule has 0 spiro atoms. The summed E-state index contributed by atoms with van der Waals surface area (Å²) in [7, 11) is 1.68. The van der Waals surface area contributed by atoms with E-state index < -0.39 is 5.97 Å². The molecule has 0 aromatic carbocycles. The van der Waals surface area contributed by atoms with Crippen LogP contribution in [0.4, 0.5) is 5.82 Å². The average Bonchev–Trinajstić information content (AvgIpc) is 2.39. The number of ether oxygens (including phenoxy) is 1. The lowest BCUT2D eigenvalue weighted by Gasteiger charge is -2.28.